The van der Waals surface area contributed by atoms with Crippen LogP contribution in [-0.4, -0.2) is 24.4 Å². The maximum Gasteiger partial charge on any atom is 0.249 e. The third kappa shape index (κ3) is 4.23. The molecule has 0 spiro atoms. The summed E-state index contributed by atoms with van der Waals surface area (Å²) >= 11 is 6.12. The van der Waals surface area contributed by atoms with Gasteiger partial charge < -0.3 is 15.4 Å². The van der Waals surface area contributed by atoms with E-state index in [2.05, 4.69) is 10.6 Å². The van der Waals surface area contributed by atoms with Crippen LogP contribution in [0.25, 0.3) is 0 Å². The van der Waals surface area contributed by atoms with Crippen molar-refractivity contribution < 1.29 is 14.3 Å². The molecule has 1 aliphatic heterocycles. The van der Waals surface area contributed by atoms with Crippen LogP contribution in [0.15, 0.2) is 72.8 Å². The van der Waals surface area contributed by atoms with Crippen LogP contribution in [0.1, 0.15) is 6.92 Å². The largest absolute Gasteiger partial charge is 0.456 e. The Morgan fingerprint density at radius 1 is 1.07 bits per heavy atom. The number of fused-ring (bicyclic) bond motifs is 1. The van der Waals surface area contributed by atoms with E-state index in [1.165, 1.54) is 4.90 Å². The van der Waals surface area contributed by atoms with Crippen LogP contribution in [0.5, 0.6) is 11.5 Å². The third-order valence-electron chi connectivity index (χ3n) is 4.71. The molecule has 30 heavy (non-hydrogen) atoms. The van der Waals surface area contributed by atoms with E-state index in [4.69, 9.17) is 16.3 Å². The predicted molar refractivity (Wildman–Crippen MR) is 118 cm³/mol. The van der Waals surface area contributed by atoms with E-state index in [0.717, 1.165) is 5.69 Å². The number of carbonyl (C=O) groups excluding carboxylic acids is 2. The molecule has 0 unspecified atom stereocenters. The summed E-state index contributed by atoms with van der Waals surface area (Å²) in [6, 6.07) is 21.2. The van der Waals surface area contributed by atoms with E-state index < -0.39 is 6.04 Å². The van der Waals surface area contributed by atoms with E-state index in [-0.39, 0.29) is 18.4 Å². The van der Waals surface area contributed by atoms with Crippen LogP contribution < -0.4 is 20.3 Å². The van der Waals surface area contributed by atoms with Crippen molar-refractivity contribution in [2.24, 2.45) is 0 Å². The van der Waals surface area contributed by atoms with Crippen LogP contribution in [0.3, 0.4) is 0 Å². The quantitative estimate of drug-likeness (QED) is 0.613. The zero-order valence-corrected chi connectivity index (χ0v) is 17.0. The standard InChI is InChI=1S/C23H20ClN3O3/c1-15(23(29)27-14-22(28)26-19-7-3-4-8-20(19)27)25-16-10-12-17(13-11-16)30-21-9-5-2-6-18(21)24/h2-13,15,25H,14H2,1H3,(H,26,28)/t15-/m1/s1. The molecule has 1 atom stereocenters. The lowest BCUT2D eigenvalue weighted by molar-refractivity contribution is -0.122. The molecule has 0 bridgehead atoms. The minimum absolute atomic E-state index is 0.00746. The Balaban J connectivity index is 1.44. The van der Waals surface area contributed by atoms with Crippen molar-refractivity contribution in [3.63, 3.8) is 0 Å². The first-order valence-electron chi connectivity index (χ1n) is 9.50. The van der Waals surface area contributed by atoms with E-state index in [0.29, 0.717) is 27.9 Å². The average molecular weight is 422 g/mol. The molecule has 152 valence electrons. The molecular weight excluding hydrogens is 402 g/mol. The van der Waals surface area contributed by atoms with Gasteiger partial charge in [-0.3, -0.25) is 14.5 Å². The second-order valence-electron chi connectivity index (χ2n) is 6.91. The summed E-state index contributed by atoms with van der Waals surface area (Å²) in [4.78, 5) is 26.5. The Kier molecular flexibility index (Phi) is 5.59. The smallest absolute Gasteiger partial charge is 0.249 e. The SMILES string of the molecule is C[C@@H](Nc1ccc(Oc2ccccc2Cl)cc1)C(=O)N1CC(=O)Nc2ccccc21. The third-order valence-corrected chi connectivity index (χ3v) is 5.02. The number of anilines is 3. The number of nitrogens with one attached hydrogen (secondary N) is 2. The van der Waals surface area contributed by atoms with Gasteiger partial charge in [-0.05, 0) is 55.5 Å². The van der Waals surface area contributed by atoms with Gasteiger partial charge in [0, 0.05) is 5.69 Å². The van der Waals surface area contributed by atoms with Gasteiger partial charge in [-0.1, -0.05) is 35.9 Å². The molecule has 1 heterocycles. The van der Waals surface area contributed by atoms with Crippen LogP contribution in [-0.2, 0) is 9.59 Å². The number of amides is 2. The van der Waals surface area contributed by atoms with E-state index in [9.17, 15) is 9.59 Å². The van der Waals surface area contributed by atoms with Crippen molar-refractivity contribution in [2.75, 3.05) is 22.1 Å². The number of para-hydroxylation sites is 3. The number of carbonyl (C=O) groups is 2. The lowest BCUT2D eigenvalue weighted by atomic mass is 10.1. The number of rotatable bonds is 5. The molecule has 4 rings (SSSR count). The fourth-order valence-corrected chi connectivity index (χ4v) is 3.42. The molecule has 0 saturated heterocycles. The van der Waals surface area contributed by atoms with Crippen molar-refractivity contribution in [3.8, 4) is 11.5 Å². The van der Waals surface area contributed by atoms with Gasteiger partial charge in [0.1, 0.15) is 24.1 Å². The normalized spacial score (nSPS) is 13.8. The Labute approximate surface area is 179 Å². The van der Waals surface area contributed by atoms with Gasteiger partial charge in [0.05, 0.1) is 16.4 Å². The highest BCUT2D eigenvalue weighted by Crippen LogP contribution is 2.31. The van der Waals surface area contributed by atoms with E-state index >= 15 is 0 Å². The fourth-order valence-electron chi connectivity index (χ4n) is 3.25. The number of nitrogens with zero attached hydrogens (tertiary/aromatic N) is 1. The molecule has 6 nitrogen and oxygen atoms in total. The predicted octanol–water partition coefficient (Wildman–Crippen LogP) is 4.92. The minimum atomic E-state index is -0.528. The Morgan fingerprint density at radius 3 is 2.53 bits per heavy atom. The van der Waals surface area contributed by atoms with Crippen molar-refractivity contribution in [1.82, 2.24) is 0 Å². The van der Waals surface area contributed by atoms with Crippen molar-refractivity contribution in [2.45, 2.75) is 13.0 Å². The highest BCUT2D eigenvalue weighted by molar-refractivity contribution is 6.32. The molecule has 7 heteroatoms. The molecule has 2 amide bonds. The minimum Gasteiger partial charge on any atom is -0.456 e. The highest BCUT2D eigenvalue weighted by Gasteiger charge is 2.29. The maximum absolute atomic E-state index is 13.0. The first-order chi connectivity index (χ1) is 14.5. The Hall–Kier alpha value is -3.51. The van der Waals surface area contributed by atoms with Crippen LogP contribution in [0, 0.1) is 0 Å². The summed E-state index contributed by atoms with van der Waals surface area (Å²) in [5.41, 5.74) is 2.09. The summed E-state index contributed by atoms with van der Waals surface area (Å²) < 4.78 is 5.78. The van der Waals surface area contributed by atoms with Crippen LogP contribution >= 0.6 is 11.6 Å². The van der Waals surface area contributed by atoms with Gasteiger partial charge in [0.2, 0.25) is 11.8 Å². The van der Waals surface area contributed by atoms with Gasteiger partial charge in [-0.15, -0.1) is 0 Å². The first-order valence-corrected chi connectivity index (χ1v) is 9.88. The summed E-state index contributed by atoms with van der Waals surface area (Å²) in [6.45, 7) is 1.76. The second-order valence-corrected chi connectivity index (χ2v) is 7.32. The number of halogens is 1. The molecule has 0 radical (unpaired) electrons. The monoisotopic (exact) mass is 421 g/mol. The fraction of sp³-hybridized carbons (Fsp3) is 0.130. The lowest BCUT2D eigenvalue weighted by Crippen LogP contribution is -2.47. The summed E-state index contributed by atoms with van der Waals surface area (Å²) in [5, 5.41) is 6.50. The molecule has 3 aromatic rings. The maximum atomic E-state index is 13.0. The number of ether oxygens (including phenoxy) is 1. The molecule has 2 N–H and O–H groups in total. The van der Waals surface area contributed by atoms with Crippen molar-refractivity contribution >= 4 is 40.5 Å². The topological polar surface area (TPSA) is 70.7 Å². The molecule has 3 aromatic carbocycles. The average Bonchev–Trinajstić information content (AvgIpc) is 2.75. The summed E-state index contributed by atoms with van der Waals surface area (Å²) in [6.07, 6.45) is 0. The number of benzene rings is 3. The lowest BCUT2D eigenvalue weighted by Gasteiger charge is -2.31. The first kappa shape index (κ1) is 19.8. The van der Waals surface area contributed by atoms with Crippen molar-refractivity contribution in [1.29, 1.82) is 0 Å². The van der Waals surface area contributed by atoms with Gasteiger partial charge in [0.15, 0.2) is 0 Å². The van der Waals surface area contributed by atoms with Gasteiger partial charge >= 0.3 is 0 Å². The summed E-state index contributed by atoms with van der Waals surface area (Å²) in [5.74, 6) is 0.809. The summed E-state index contributed by atoms with van der Waals surface area (Å²) in [7, 11) is 0. The molecule has 0 fully saturated rings. The molecule has 1 aliphatic rings. The number of hydrogen-bond donors (Lipinski definition) is 2. The van der Waals surface area contributed by atoms with Gasteiger partial charge in [-0.2, -0.15) is 0 Å². The highest BCUT2D eigenvalue weighted by atomic mass is 35.5. The van der Waals surface area contributed by atoms with E-state index in [1.54, 1.807) is 37.3 Å². The van der Waals surface area contributed by atoms with Crippen molar-refractivity contribution in [3.05, 3.63) is 77.8 Å². The zero-order chi connectivity index (χ0) is 21.1. The zero-order valence-electron chi connectivity index (χ0n) is 16.3. The van der Waals surface area contributed by atoms with Gasteiger partial charge in [0.25, 0.3) is 0 Å². The van der Waals surface area contributed by atoms with Gasteiger partial charge in [-0.25, -0.2) is 0 Å². The Bertz CT molecular complexity index is 1090. The molecule has 0 saturated carbocycles. The van der Waals surface area contributed by atoms with Crippen LogP contribution in [0.4, 0.5) is 17.1 Å². The molecule has 0 aromatic heterocycles. The van der Waals surface area contributed by atoms with Crippen LogP contribution in [0.2, 0.25) is 5.02 Å². The Morgan fingerprint density at radius 2 is 1.77 bits per heavy atom. The second kappa shape index (κ2) is 8.47. The van der Waals surface area contributed by atoms with E-state index in [1.807, 2.05) is 42.5 Å². The molecular formula is C23H20ClN3O3. The number of hydrogen-bond acceptors (Lipinski definition) is 4. The molecule has 0 aliphatic carbocycles.